The van der Waals surface area contributed by atoms with Gasteiger partial charge in [-0.1, -0.05) is 413 Å². The average molecular weight is 1140 g/mol. The van der Waals surface area contributed by atoms with E-state index < -0.39 is 18.0 Å². The fourth-order valence-electron chi connectivity index (χ4n) is 14.1. The van der Waals surface area contributed by atoms with E-state index >= 15 is 0 Å². The summed E-state index contributed by atoms with van der Waals surface area (Å²) in [6.07, 6.45) is 86.9. The second-order valence-electron chi connectivity index (χ2n) is 28.2. The first kappa shape index (κ1) is 78.4. The first-order chi connectivity index (χ1) is 39.8. The molecule has 4 nitrogen and oxygen atoms in total. The Morgan fingerprint density at radius 1 is 0.309 bits per heavy atom. The second-order valence-corrected chi connectivity index (χ2v) is 28.2. The molecule has 0 saturated heterocycles. The second kappa shape index (κ2) is 62.4. The Morgan fingerprint density at radius 2 is 0.543 bits per heavy atom. The Hall–Kier alpha value is -0.610. The van der Waals surface area contributed by atoms with Crippen LogP contribution < -0.4 is 0 Å². The standard InChI is InChI=1S/C77H152O4/c1-5-7-9-11-13-14-15-16-17-18-19-20-21-22-23-27-33-38-43-48-54-60-66-73(77(80)81)76(79)68-62-56-50-45-40-35-30-29-32-37-42-47-53-59-65-72-69-74(72)70(3)63-57-52-46-41-36-31-26-24-25-28-34-39-44-49-55-61-67-75(78)71(4)64-58-51-12-10-8-6-2/h70-76,78-79H,5-69H2,1-4H3,(H,80,81)/t70-,71-,72-,73?,74+,75-,76+/m0/s1. The third-order valence-electron chi connectivity index (χ3n) is 20.3. The summed E-state index contributed by atoms with van der Waals surface area (Å²) >= 11 is 0. The summed E-state index contributed by atoms with van der Waals surface area (Å²) in [7, 11) is 0. The van der Waals surface area contributed by atoms with Crippen molar-refractivity contribution in [2.75, 3.05) is 0 Å². The summed E-state index contributed by atoms with van der Waals surface area (Å²) in [5.41, 5.74) is 0. The van der Waals surface area contributed by atoms with Crippen LogP contribution in [0.2, 0.25) is 0 Å². The molecule has 0 aliphatic heterocycles. The van der Waals surface area contributed by atoms with Gasteiger partial charge in [0, 0.05) is 0 Å². The van der Waals surface area contributed by atoms with Gasteiger partial charge in [0.15, 0.2) is 0 Å². The molecule has 81 heavy (non-hydrogen) atoms. The van der Waals surface area contributed by atoms with Crippen molar-refractivity contribution < 1.29 is 20.1 Å². The van der Waals surface area contributed by atoms with E-state index in [1.165, 1.54) is 372 Å². The van der Waals surface area contributed by atoms with E-state index in [9.17, 15) is 20.1 Å². The van der Waals surface area contributed by atoms with Crippen molar-refractivity contribution in [3.63, 3.8) is 0 Å². The van der Waals surface area contributed by atoms with Gasteiger partial charge in [-0.25, -0.2) is 0 Å². The lowest BCUT2D eigenvalue weighted by molar-refractivity contribution is -0.146. The Kier molecular flexibility index (Phi) is 60.4. The third kappa shape index (κ3) is 54.5. The Balaban J connectivity index is 1.78. The highest BCUT2D eigenvalue weighted by Crippen LogP contribution is 2.49. The molecule has 0 aromatic rings. The van der Waals surface area contributed by atoms with Crippen molar-refractivity contribution in [2.45, 2.75) is 457 Å². The summed E-state index contributed by atoms with van der Waals surface area (Å²) < 4.78 is 0. The van der Waals surface area contributed by atoms with Crippen LogP contribution in [0.1, 0.15) is 445 Å². The number of carbonyl (C=O) groups is 1. The van der Waals surface area contributed by atoms with Crippen LogP contribution in [-0.4, -0.2) is 33.5 Å². The molecular formula is C77H152O4. The van der Waals surface area contributed by atoms with Gasteiger partial charge < -0.3 is 15.3 Å². The minimum Gasteiger partial charge on any atom is -0.481 e. The SMILES string of the molecule is CCCCCCCCCCCCCCCCCCCCCCCCC(C(=O)O)[C@H](O)CCCCCCCCCCCCCCCC[C@H]1C[C@@H]1[C@@H](C)CCCCCCCCCCCCCCCCCC[C@H](O)[C@@H](C)CCCCCCCC. The van der Waals surface area contributed by atoms with Crippen LogP contribution in [-0.2, 0) is 4.79 Å². The highest BCUT2D eigenvalue weighted by atomic mass is 16.4. The van der Waals surface area contributed by atoms with Gasteiger partial charge in [0.05, 0.1) is 18.1 Å². The van der Waals surface area contributed by atoms with Crippen molar-refractivity contribution in [2.24, 2.45) is 29.6 Å². The lowest BCUT2D eigenvalue weighted by Crippen LogP contribution is -2.28. The molecule has 3 N–H and O–H groups in total. The number of aliphatic carboxylic acids is 1. The predicted octanol–water partition coefficient (Wildman–Crippen LogP) is 26.3. The molecule has 0 heterocycles. The maximum absolute atomic E-state index is 12.0. The molecule has 1 aliphatic rings. The van der Waals surface area contributed by atoms with E-state index in [1.807, 2.05) is 0 Å². The lowest BCUT2D eigenvalue weighted by atomic mass is 9.91. The Labute approximate surface area is 510 Å². The largest absolute Gasteiger partial charge is 0.481 e. The normalized spacial score (nSPS) is 16.3. The first-order valence-electron chi connectivity index (χ1n) is 38.4. The van der Waals surface area contributed by atoms with Crippen LogP contribution in [0, 0.1) is 29.6 Å². The van der Waals surface area contributed by atoms with Crippen LogP contribution >= 0.6 is 0 Å². The van der Waals surface area contributed by atoms with E-state index in [-0.39, 0.29) is 6.10 Å². The number of carboxylic acids is 1. The topological polar surface area (TPSA) is 77.8 Å². The summed E-state index contributed by atoms with van der Waals surface area (Å²) in [6, 6.07) is 0. The summed E-state index contributed by atoms with van der Waals surface area (Å²) in [4.78, 5) is 12.0. The van der Waals surface area contributed by atoms with Gasteiger partial charge in [-0.3, -0.25) is 4.79 Å². The highest BCUT2D eigenvalue weighted by molar-refractivity contribution is 5.70. The molecule has 1 unspecified atom stereocenters. The molecule has 0 amide bonds. The van der Waals surface area contributed by atoms with Gasteiger partial charge in [-0.05, 0) is 55.8 Å². The molecule has 1 fully saturated rings. The molecule has 0 radical (unpaired) electrons. The van der Waals surface area contributed by atoms with Gasteiger partial charge in [-0.15, -0.1) is 0 Å². The number of aliphatic hydroxyl groups excluding tert-OH is 2. The van der Waals surface area contributed by atoms with E-state index in [1.54, 1.807) is 0 Å². The zero-order valence-electron chi connectivity index (χ0n) is 56.3. The molecule has 484 valence electrons. The maximum atomic E-state index is 12.0. The average Bonchev–Trinajstić information content (AvgIpc) is 4.26. The zero-order valence-corrected chi connectivity index (χ0v) is 56.3. The molecule has 0 aromatic heterocycles. The zero-order chi connectivity index (χ0) is 58.6. The van der Waals surface area contributed by atoms with E-state index in [0.29, 0.717) is 18.8 Å². The lowest BCUT2D eigenvalue weighted by Gasteiger charge is -2.19. The number of unbranched alkanes of at least 4 members (excludes halogenated alkanes) is 54. The number of carboxylic acid groups (broad SMARTS) is 1. The first-order valence-corrected chi connectivity index (χ1v) is 38.4. The van der Waals surface area contributed by atoms with Crippen LogP contribution in [0.5, 0.6) is 0 Å². The minimum atomic E-state index is -0.799. The van der Waals surface area contributed by atoms with Crippen molar-refractivity contribution in [1.82, 2.24) is 0 Å². The number of aliphatic hydroxyl groups is 2. The summed E-state index contributed by atoms with van der Waals surface area (Å²) in [5.74, 6) is 2.17. The maximum Gasteiger partial charge on any atom is 0.309 e. The van der Waals surface area contributed by atoms with Crippen molar-refractivity contribution >= 4 is 5.97 Å². The van der Waals surface area contributed by atoms with Gasteiger partial charge in [0.1, 0.15) is 0 Å². The van der Waals surface area contributed by atoms with Crippen molar-refractivity contribution in [3.8, 4) is 0 Å². The fourth-order valence-corrected chi connectivity index (χ4v) is 14.1. The van der Waals surface area contributed by atoms with Gasteiger partial charge in [0.25, 0.3) is 0 Å². The highest BCUT2D eigenvalue weighted by Gasteiger charge is 2.39. The van der Waals surface area contributed by atoms with Gasteiger partial charge in [-0.2, -0.15) is 0 Å². The van der Waals surface area contributed by atoms with Crippen LogP contribution in [0.25, 0.3) is 0 Å². The number of hydrogen-bond donors (Lipinski definition) is 3. The van der Waals surface area contributed by atoms with Crippen LogP contribution in [0.3, 0.4) is 0 Å². The van der Waals surface area contributed by atoms with E-state index in [4.69, 9.17) is 0 Å². The van der Waals surface area contributed by atoms with Gasteiger partial charge >= 0.3 is 5.97 Å². The van der Waals surface area contributed by atoms with Gasteiger partial charge in [0.2, 0.25) is 0 Å². The van der Waals surface area contributed by atoms with Crippen molar-refractivity contribution in [3.05, 3.63) is 0 Å². The van der Waals surface area contributed by atoms with Crippen LogP contribution in [0.4, 0.5) is 0 Å². The number of hydrogen-bond acceptors (Lipinski definition) is 3. The molecule has 1 aliphatic carbocycles. The molecular weight excluding hydrogens is 989 g/mol. The molecule has 0 spiro atoms. The summed E-state index contributed by atoms with van der Waals surface area (Å²) in [6.45, 7) is 9.41. The van der Waals surface area contributed by atoms with E-state index in [0.717, 1.165) is 49.9 Å². The molecule has 1 rings (SSSR count). The van der Waals surface area contributed by atoms with E-state index in [2.05, 4.69) is 27.7 Å². The smallest absolute Gasteiger partial charge is 0.309 e. The van der Waals surface area contributed by atoms with Crippen LogP contribution in [0.15, 0.2) is 0 Å². The molecule has 4 heteroatoms. The van der Waals surface area contributed by atoms with Crippen molar-refractivity contribution in [1.29, 1.82) is 0 Å². The Bertz CT molecular complexity index is 1220. The molecule has 1 saturated carbocycles. The third-order valence-corrected chi connectivity index (χ3v) is 20.3. The molecule has 7 atom stereocenters. The summed E-state index contributed by atoms with van der Waals surface area (Å²) in [5, 5.41) is 31.1. The minimum absolute atomic E-state index is 0.0769. The quantitative estimate of drug-likeness (QED) is 0.0531. The monoisotopic (exact) mass is 1140 g/mol. The molecule has 0 bridgehead atoms. The Morgan fingerprint density at radius 3 is 0.840 bits per heavy atom. The fraction of sp³-hybridized carbons (Fsp3) is 0.987. The molecule has 0 aromatic carbocycles. The number of rotatable bonds is 70. The predicted molar refractivity (Wildman–Crippen MR) is 360 cm³/mol.